The molecule has 0 heterocycles. The van der Waals surface area contributed by atoms with Gasteiger partial charge in [0.25, 0.3) is 0 Å². The van der Waals surface area contributed by atoms with Gasteiger partial charge in [0, 0.05) is 10.7 Å². The van der Waals surface area contributed by atoms with Crippen molar-refractivity contribution in [1.29, 1.82) is 0 Å². The molecule has 1 saturated carbocycles. The standard InChI is InChI=1S/C23H27ClN2O3/c1-2-29-21(27)14-16-10-12-20(13-11-16)25-23(28)26-22(17-6-3-4-7-17)18-8-5-9-19(24)15-18/h5,8-13,15,17,22H,2-4,6-7,14H2,1H3,(H2,25,26,28). The third-order valence-electron chi connectivity index (χ3n) is 5.23. The lowest BCUT2D eigenvalue weighted by Crippen LogP contribution is -2.35. The third-order valence-corrected chi connectivity index (χ3v) is 5.47. The molecule has 0 aliphatic heterocycles. The Morgan fingerprint density at radius 2 is 1.86 bits per heavy atom. The summed E-state index contributed by atoms with van der Waals surface area (Å²) < 4.78 is 4.96. The minimum atomic E-state index is -0.258. The van der Waals surface area contributed by atoms with Crippen LogP contribution in [-0.2, 0) is 16.0 Å². The number of carbonyl (C=O) groups excluding carboxylic acids is 2. The van der Waals surface area contributed by atoms with Crippen LogP contribution in [0.2, 0.25) is 5.02 Å². The molecule has 6 heteroatoms. The zero-order valence-electron chi connectivity index (χ0n) is 16.6. The fourth-order valence-electron chi connectivity index (χ4n) is 3.86. The van der Waals surface area contributed by atoms with Crippen LogP contribution in [0.4, 0.5) is 10.5 Å². The number of esters is 1. The molecule has 154 valence electrons. The van der Waals surface area contributed by atoms with Crippen LogP contribution in [0.1, 0.15) is 49.8 Å². The van der Waals surface area contributed by atoms with Gasteiger partial charge in [0.05, 0.1) is 19.1 Å². The second kappa shape index (κ2) is 10.3. The number of nitrogens with one attached hydrogen (secondary N) is 2. The molecule has 1 aliphatic rings. The van der Waals surface area contributed by atoms with Crippen LogP contribution in [0.5, 0.6) is 0 Å². The van der Waals surface area contributed by atoms with Gasteiger partial charge in [-0.1, -0.05) is 48.7 Å². The average Bonchev–Trinajstić information content (AvgIpc) is 3.22. The van der Waals surface area contributed by atoms with Gasteiger partial charge >= 0.3 is 12.0 Å². The number of carbonyl (C=O) groups is 2. The molecule has 2 N–H and O–H groups in total. The average molecular weight is 415 g/mol. The first-order chi connectivity index (χ1) is 14.0. The molecule has 5 nitrogen and oxygen atoms in total. The third kappa shape index (κ3) is 6.23. The number of anilines is 1. The second-order valence-electron chi connectivity index (χ2n) is 7.35. The van der Waals surface area contributed by atoms with E-state index in [-0.39, 0.29) is 24.5 Å². The molecule has 29 heavy (non-hydrogen) atoms. The monoisotopic (exact) mass is 414 g/mol. The number of halogens is 1. The number of hydrogen-bond donors (Lipinski definition) is 2. The molecule has 3 rings (SSSR count). The molecule has 0 bridgehead atoms. The summed E-state index contributed by atoms with van der Waals surface area (Å²) in [5.41, 5.74) is 2.55. The lowest BCUT2D eigenvalue weighted by molar-refractivity contribution is -0.142. The zero-order valence-corrected chi connectivity index (χ0v) is 17.4. The molecule has 2 aromatic rings. The molecule has 0 aromatic heterocycles. The van der Waals surface area contributed by atoms with Crippen LogP contribution in [0.3, 0.4) is 0 Å². The summed E-state index contributed by atoms with van der Waals surface area (Å²) in [7, 11) is 0. The first-order valence-corrected chi connectivity index (χ1v) is 10.5. The molecule has 2 amide bonds. The van der Waals surface area contributed by atoms with E-state index in [1.54, 1.807) is 19.1 Å². The Balaban J connectivity index is 1.63. The van der Waals surface area contributed by atoms with Crippen molar-refractivity contribution in [1.82, 2.24) is 5.32 Å². The van der Waals surface area contributed by atoms with Gasteiger partial charge in [-0.05, 0) is 61.1 Å². The highest BCUT2D eigenvalue weighted by molar-refractivity contribution is 6.30. The van der Waals surface area contributed by atoms with Crippen molar-refractivity contribution in [2.24, 2.45) is 5.92 Å². The Morgan fingerprint density at radius 1 is 1.14 bits per heavy atom. The van der Waals surface area contributed by atoms with E-state index in [9.17, 15) is 9.59 Å². The van der Waals surface area contributed by atoms with E-state index in [1.165, 1.54) is 12.8 Å². The van der Waals surface area contributed by atoms with Crippen molar-refractivity contribution in [2.45, 2.75) is 45.1 Å². The van der Waals surface area contributed by atoms with E-state index in [0.717, 1.165) is 24.0 Å². The van der Waals surface area contributed by atoms with E-state index in [0.29, 0.717) is 23.2 Å². The number of rotatable bonds is 7. The minimum Gasteiger partial charge on any atom is -0.466 e. The molecule has 0 spiro atoms. The van der Waals surface area contributed by atoms with E-state index in [2.05, 4.69) is 10.6 Å². The van der Waals surface area contributed by atoms with Gasteiger partial charge in [-0.15, -0.1) is 0 Å². The second-order valence-corrected chi connectivity index (χ2v) is 7.79. The van der Waals surface area contributed by atoms with Crippen molar-refractivity contribution in [3.05, 3.63) is 64.7 Å². The van der Waals surface area contributed by atoms with Crippen LogP contribution in [0.15, 0.2) is 48.5 Å². The van der Waals surface area contributed by atoms with E-state index >= 15 is 0 Å². The van der Waals surface area contributed by atoms with Crippen LogP contribution in [-0.4, -0.2) is 18.6 Å². The Bertz CT molecular complexity index is 832. The quantitative estimate of drug-likeness (QED) is 0.588. The Labute approximate surface area is 176 Å². The molecule has 1 fully saturated rings. The fraction of sp³-hybridized carbons (Fsp3) is 0.391. The predicted octanol–water partition coefficient (Wildman–Crippen LogP) is 5.50. The lowest BCUT2D eigenvalue weighted by atomic mass is 9.92. The molecule has 1 atom stereocenters. The van der Waals surface area contributed by atoms with Gasteiger partial charge in [0.15, 0.2) is 0 Å². The van der Waals surface area contributed by atoms with E-state index < -0.39 is 0 Å². The summed E-state index contributed by atoms with van der Waals surface area (Å²) in [6.45, 7) is 2.15. The maximum Gasteiger partial charge on any atom is 0.319 e. The summed E-state index contributed by atoms with van der Waals surface area (Å²) in [6, 6.07) is 14.6. The van der Waals surface area contributed by atoms with Crippen molar-refractivity contribution in [3.63, 3.8) is 0 Å². The van der Waals surface area contributed by atoms with Gasteiger partial charge < -0.3 is 15.4 Å². The normalized spacial score (nSPS) is 15.0. The topological polar surface area (TPSA) is 67.4 Å². The van der Waals surface area contributed by atoms with Crippen LogP contribution < -0.4 is 10.6 Å². The van der Waals surface area contributed by atoms with Crippen LogP contribution >= 0.6 is 11.6 Å². The smallest absolute Gasteiger partial charge is 0.319 e. The number of ether oxygens (including phenoxy) is 1. The van der Waals surface area contributed by atoms with Gasteiger partial charge in [-0.25, -0.2) is 4.79 Å². The summed E-state index contributed by atoms with van der Waals surface area (Å²) in [4.78, 5) is 24.2. The molecule has 1 unspecified atom stereocenters. The number of urea groups is 1. The van der Waals surface area contributed by atoms with E-state index in [1.807, 2.05) is 36.4 Å². The highest BCUT2D eigenvalue weighted by atomic mass is 35.5. The Hall–Kier alpha value is -2.53. The fourth-order valence-corrected chi connectivity index (χ4v) is 4.06. The lowest BCUT2D eigenvalue weighted by Gasteiger charge is -2.25. The summed E-state index contributed by atoms with van der Waals surface area (Å²) in [6.07, 6.45) is 4.79. The molecule has 1 aliphatic carbocycles. The largest absolute Gasteiger partial charge is 0.466 e. The first-order valence-electron chi connectivity index (χ1n) is 10.1. The van der Waals surface area contributed by atoms with Crippen molar-refractivity contribution in [3.8, 4) is 0 Å². The summed E-state index contributed by atoms with van der Waals surface area (Å²) in [5, 5.41) is 6.69. The first kappa shape index (κ1) is 21.2. The van der Waals surface area contributed by atoms with Crippen LogP contribution in [0, 0.1) is 5.92 Å². The van der Waals surface area contributed by atoms with Crippen LogP contribution in [0.25, 0.3) is 0 Å². The minimum absolute atomic E-state index is 0.0701. The molecular formula is C23H27ClN2O3. The maximum atomic E-state index is 12.7. The van der Waals surface area contributed by atoms with Crippen molar-refractivity contribution in [2.75, 3.05) is 11.9 Å². The molecule has 0 radical (unpaired) electrons. The van der Waals surface area contributed by atoms with Crippen molar-refractivity contribution >= 4 is 29.3 Å². The SMILES string of the molecule is CCOC(=O)Cc1ccc(NC(=O)NC(c2cccc(Cl)c2)C2CCCC2)cc1. The van der Waals surface area contributed by atoms with E-state index in [4.69, 9.17) is 16.3 Å². The van der Waals surface area contributed by atoms with Crippen molar-refractivity contribution < 1.29 is 14.3 Å². The zero-order chi connectivity index (χ0) is 20.6. The highest BCUT2D eigenvalue weighted by Crippen LogP contribution is 2.36. The van der Waals surface area contributed by atoms with Gasteiger partial charge in [-0.3, -0.25) is 4.79 Å². The predicted molar refractivity (Wildman–Crippen MR) is 115 cm³/mol. The number of amides is 2. The summed E-state index contributed by atoms with van der Waals surface area (Å²) in [5.74, 6) is 0.151. The van der Waals surface area contributed by atoms with Gasteiger partial charge in [0.2, 0.25) is 0 Å². The van der Waals surface area contributed by atoms with Gasteiger partial charge in [-0.2, -0.15) is 0 Å². The maximum absolute atomic E-state index is 12.7. The molecule has 0 saturated heterocycles. The molecule has 2 aromatic carbocycles. The Morgan fingerprint density at radius 3 is 2.52 bits per heavy atom. The number of benzene rings is 2. The number of hydrogen-bond acceptors (Lipinski definition) is 3. The summed E-state index contributed by atoms with van der Waals surface area (Å²) >= 11 is 6.17. The molecular weight excluding hydrogens is 388 g/mol. The highest BCUT2D eigenvalue weighted by Gasteiger charge is 2.28. The van der Waals surface area contributed by atoms with Gasteiger partial charge in [0.1, 0.15) is 0 Å². The Kier molecular flexibility index (Phi) is 7.53.